The van der Waals surface area contributed by atoms with Crippen molar-refractivity contribution in [2.75, 3.05) is 6.56 Å². The van der Waals surface area contributed by atoms with Crippen LogP contribution in [0.4, 0.5) is 0 Å². The van der Waals surface area contributed by atoms with Gasteiger partial charge in [-0.2, -0.15) is 0 Å². The van der Waals surface area contributed by atoms with E-state index in [1.54, 1.807) is 0 Å². The summed E-state index contributed by atoms with van der Waals surface area (Å²) in [6, 6.07) is 0. The molecule has 1 aromatic rings. The first-order valence-corrected chi connectivity index (χ1v) is 5.49. The number of aromatic amines is 1. The highest BCUT2D eigenvalue weighted by atomic mass is 16.6. The van der Waals surface area contributed by atoms with Gasteiger partial charge in [0.25, 0.3) is 5.56 Å². The standard InChI is InChI=1S/C11H16N2O6/c1-5-3-13(10(17)12-8(5)16)9-11(2,18)7(15)6(4-14)19-9/h3,6-7,9,14-15,18H,4H2,1-2H3,(H,12,16,17)/t6-,7-,9-,11-/m1/s1/i3D,4D2. The van der Waals surface area contributed by atoms with Crippen LogP contribution in [0.2, 0.25) is 0 Å². The van der Waals surface area contributed by atoms with E-state index in [9.17, 15) is 24.9 Å². The SMILES string of the molecule is [2H]c1c(C)c(=O)[nH]c(=O)n1[C@@H]1O[C@H](C([2H])([2H])O)[C@@H](O)[C@@]1(C)O. The molecule has 0 spiro atoms. The maximum absolute atomic E-state index is 11.9. The predicted octanol–water partition coefficient (Wildman–Crippen LogP) is -2.15. The van der Waals surface area contributed by atoms with E-state index < -0.39 is 48.0 Å². The lowest BCUT2D eigenvalue weighted by atomic mass is 9.96. The number of aromatic nitrogens is 2. The van der Waals surface area contributed by atoms with Gasteiger partial charge >= 0.3 is 5.69 Å². The van der Waals surface area contributed by atoms with Crippen LogP contribution < -0.4 is 11.2 Å². The number of ether oxygens (including phenoxy) is 1. The number of aliphatic hydroxyl groups excluding tert-OH is 1. The Morgan fingerprint density at radius 2 is 2.32 bits per heavy atom. The predicted molar refractivity (Wildman–Crippen MR) is 63.7 cm³/mol. The number of rotatable bonds is 2. The van der Waals surface area contributed by atoms with Gasteiger partial charge in [-0.1, -0.05) is 0 Å². The second kappa shape index (κ2) is 4.57. The Morgan fingerprint density at radius 3 is 2.84 bits per heavy atom. The molecular weight excluding hydrogens is 256 g/mol. The van der Waals surface area contributed by atoms with E-state index in [1.807, 2.05) is 4.98 Å². The van der Waals surface area contributed by atoms with Crippen molar-refractivity contribution in [1.82, 2.24) is 9.55 Å². The van der Waals surface area contributed by atoms with Crippen molar-refractivity contribution >= 4 is 0 Å². The van der Waals surface area contributed by atoms with Crippen LogP contribution >= 0.6 is 0 Å². The third-order valence-corrected chi connectivity index (χ3v) is 3.09. The number of nitrogens with zero attached hydrogens (tertiary/aromatic N) is 1. The lowest BCUT2D eigenvalue weighted by Crippen LogP contribution is -2.47. The molecule has 2 rings (SSSR count). The van der Waals surface area contributed by atoms with Crippen LogP contribution in [-0.4, -0.2) is 49.2 Å². The average Bonchev–Trinajstić information content (AvgIpc) is 2.59. The summed E-state index contributed by atoms with van der Waals surface area (Å²) in [4.78, 5) is 25.3. The molecule has 0 aromatic carbocycles. The third kappa shape index (κ3) is 2.12. The Balaban J connectivity index is 2.62. The number of hydrogen-bond donors (Lipinski definition) is 4. The summed E-state index contributed by atoms with van der Waals surface area (Å²) in [6.07, 6.45) is -5.92. The summed E-state index contributed by atoms with van der Waals surface area (Å²) < 4.78 is 27.9. The normalized spacial score (nSPS) is 37.7. The van der Waals surface area contributed by atoms with Crippen LogP contribution in [0.5, 0.6) is 0 Å². The molecule has 1 saturated heterocycles. The van der Waals surface area contributed by atoms with Gasteiger partial charge in [0.2, 0.25) is 0 Å². The molecule has 1 aliphatic heterocycles. The van der Waals surface area contributed by atoms with Crippen LogP contribution in [-0.2, 0) is 4.74 Å². The van der Waals surface area contributed by atoms with Crippen LogP contribution in [0.25, 0.3) is 0 Å². The van der Waals surface area contributed by atoms with Gasteiger partial charge in [0, 0.05) is 11.7 Å². The molecule has 106 valence electrons. The monoisotopic (exact) mass is 275 g/mol. The van der Waals surface area contributed by atoms with Crippen molar-refractivity contribution < 1.29 is 24.2 Å². The second-order valence-electron chi connectivity index (χ2n) is 4.57. The van der Waals surface area contributed by atoms with E-state index in [0.29, 0.717) is 4.57 Å². The molecule has 1 aromatic heterocycles. The number of H-pyrrole nitrogens is 1. The molecular formula is C11H16N2O6. The van der Waals surface area contributed by atoms with Crippen molar-refractivity contribution in [3.63, 3.8) is 0 Å². The van der Waals surface area contributed by atoms with E-state index in [2.05, 4.69) is 0 Å². The molecule has 8 heteroatoms. The van der Waals surface area contributed by atoms with Gasteiger partial charge in [0.15, 0.2) is 6.23 Å². The molecule has 0 unspecified atom stereocenters. The molecule has 19 heavy (non-hydrogen) atoms. The van der Waals surface area contributed by atoms with Gasteiger partial charge < -0.3 is 20.1 Å². The zero-order valence-corrected chi connectivity index (χ0v) is 10.2. The summed E-state index contributed by atoms with van der Waals surface area (Å²) in [5, 5.41) is 29.7. The van der Waals surface area contributed by atoms with E-state index in [4.69, 9.17) is 8.85 Å². The van der Waals surface area contributed by atoms with Crippen molar-refractivity contribution in [2.45, 2.75) is 37.9 Å². The van der Waals surface area contributed by atoms with Crippen LogP contribution in [0.1, 0.15) is 22.8 Å². The largest absolute Gasteiger partial charge is 0.394 e. The van der Waals surface area contributed by atoms with Gasteiger partial charge in [-0.3, -0.25) is 14.3 Å². The van der Waals surface area contributed by atoms with Gasteiger partial charge in [-0.15, -0.1) is 0 Å². The Bertz CT molecular complexity index is 707. The minimum Gasteiger partial charge on any atom is -0.394 e. The van der Waals surface area contributed by atoms with Crippen molar-refractivity contribution in [1.29, 1.82) is 0 Å². The highest BCUT2D eigenvalue weighted by molar-refractivity contribution is 5.05. The van der Waals surface area contributed by atoms with Gasteiger partial charge in [0.1, 0.15) is 17.8 Å². The summed E-state index contributed by atoms with van der Waals surface area (Å²) >= 11 is 0. The Morgan fingerprint density at radius 1 is 1.68 bits per heavy atom. The van der Waals surface area contributed by atoms with Gasteiger partial charge in [0.05, 0.1) is 10.7 Å². The fourth-order valence-corrected chi connectivity index (χ4v) is 1.93. The number of aliphatic hydroxyl groups is 3. The molecule has 4 atom stereocenters. The molecule has 2 heterocycles. The first-order chi connectivity index (χ1) is 9.89. The number of hydrogen-bond acceptors (Lipinski definition) is 6. The molecule has 0 saturated carbocycles. The lowest BCUT2D eigenvalue weighted by Gasteiger charge is -2.27. The van der Waals surface area contributed by atoms with Crippen molar-refractivity contribution in [3.8, 4) is 0 Å². The second-order valence-corrected chi connectivity index (χ2v) is 4.57. The molecule has 0 bridgehead atoms. The summed E-state index contributed by atoms with van der Waals surface area (Å²) in [6.45, 7) is -0.637. The van der Waals surface area contributed by atoms with E-state index in [-0.39, 0.29) is 5.56 Å². The third-order valence-electron chi connectivity index (χ3n) is 3.09. The summed E-state index contributed by atoms with van der Waals surface area (Å²) in [5.74, 6) is 0. The zero-order chi connectivity index (χ0) is 17.0. The Labute approximate surface area is 112 Å². The molecule has 0 amide bonds. The molecule has 1 fully saturated rings. The Kier molecular flexibility index (Phi) is 2.48. The number of nitrogens with one attached hydrogen (secondary N) is 1. The summed E-state index contributed by atoms with van der Waals surface area (Å²) in [5.41, 5.74) is -4.13. The quantitative estimate of drug-likeness (QED) is 0.487. The average molecular weight is 275 g/mol. The van der Waals surface area contributed by atoms with Crippen molar-refractivity contribution in [2.24, 2.45) is 0 Å². The summed E-state index contributed by atoms with van der Waals surface area (Å²) in [7, 11) is 0. The first kappa shape index (κ1) is 10.3. The highest BCUT2D eigenvalue weighted by Gasteiger charge is 2.53. The van der Waals surface area contributed by atoms with Gasteiger partial charge in [-0.05, 0) is 13.8 Å². The van der Waals surface area contributed by atoms with E-state index >= 15 is 0 Å². The maximum atomic E-state index is 11.9. The Hall–Kier alpha value is -1.48. The minimum absolute atomic E-state index is 0.121. The molecule has 8 nitrogen and oxygen atoms in total. The van der Waals surface area contributed by atoms with E-state index in [0.717, 1.165) is 6.92 Å². The molecule has 4 N–H and O–H groups in total. The first-order valence-electron chi connectivity index (χ1n) is 6.99. The van der Waals surface area contributed by atoms with E-state index in [1.165, 1.54) is 6.92 Å². The van der Waals surface area contributed by atoms with Crippen molar-refractivity contribution in [3.05, 3.63) is 32.6 Å². The molecule has 0 aliphatic carbocycles. The lowest BCUT2D eigenvalue weighted by molar-refractivity contribution is -0.0988. The molecule has 0 radical (unpaired) electrons. The fraction of sp³-hybridized carbons (Fsp3) is 0.636. The van der Waals surface area contributed by atoms with Crippen LogP contribution in [0, 0.1) is 6.92 Å². The zero-order valence-electron chi connectivity index (χ0n) is 13.2. The maximum Gasteiger partial charge on any atom is 0.330 e. The molecule has 1 aliphatic rings. The fourth-order valence-electron chi connectivity index (χ4n) is 1.93. The van der Waals surface area contributed by atoms with Gasteiger partial charge in [-0.25, -0.2) is 4.79 Å². The minimum atomic E-state index is -2.98. The topological polar surface area (TPSA) is 125 Å². The van der Waals surface area contributed by atoms with Crippen LogP contribution in [0.15, 0.2) is 15.8 Å². The highest BCUT2D eigenvalue weighted by Crippen LogP contribution is 2.37. The smallest absolute Gasteiger partial charge is 0.330 e. The van der Waals surface area contributed by atoms with Crippen LogP contribution in [0.3, 0.4) is 0 Å².